The Morgan fingerprint density at radius 3 is 2.70 bits per heavy atom. The Balaban J connectivity index is 2.22. The number of anilines is 2. The van der Waals surface area contributed by atoms with Crippen LogP contribution in [0, 0.1) is 18.3 Å². The molecule has 2 N–H and O–H groups in total. The maximum absolute atomic E-state index is 11.3. The van der Waals surface area contributed by atoms with Crippen LogP contribution in [0.25, 0.3) is 5.52 Å². The third-order valence-corrected chi connectivity index (χ3v) is 4.05. The highest BCUT2D eigenvalue weighted by molar-refractivity contribution is 9.10. The van der Waals surface area contributed by atoms with E-state index in [2.05, 4.69) is 32.4 Å². The van der Waals surface area contributed by atoms with Crippen molar-refractivity contribution in [3.8, 4) is 6.07 Å². The van der Waals surface area contributed by atoms with Gasteiger partial charge in [0.2, 0.25) is 0 Å². The first-order valence-electron chi connectivity index (χ1n) is 6.68. The van der Waals surface area contributed by atoms with E-state index in [4.69, 9.17) is 0 Å². The molecule has 114 valence electrons. The molecule has 1 aromatic carbocycles. The zero-order chi connectivity index (χ0) is 16.6. The molecule has 0 spiro atoms. The summed E-state index contributed by atoms with van der Waals surface area (Å²) >= 11 is 3.37. The van der Waals surface area contributed by atoms with Crippen molar-refractivity contribution in [1.29, 1.82) is 5.26 Å². The van der Waals surface area contributed by atoms with E-state index in [1.165, 1.54) is 16.9 Å². The predicted octanol–water partition coefficient (Wildman–Crippen LogP) is 3.72. The number of carbonyl (C=O) groups is 1. The lowest BCUT2D eigenvalue weighted by atomic mass is 10.1. The SMILES string of the molecule is Cc1c(C(=O)O)cn2ncc(C#N)c(Nc3ccc(Br)cc3)c12. The minimum Gasteiger partial charge on any atom is -0.478 e. The van der Waals surface area contributed by atoms with Crippen LogP contribution in [0.5, 0.6) is 0 Å². The van der Waals surface area contributed by atoms with E-state index >= 15 is 0 Å². The number of aromatic nitrogens is 2. The molecule has 23 heavy (non-hydrogen) atoms. The van der Waals surface area contributed by atoms with Gasteiger partial charge in [0.25, 0.3) is 0 Å². The number of aryl methyl sites for hydroxylation is 1. The van der Waals surface area contributed by atoms with E-state index in [1.54, 1.807) is 6.92 Å². The quantitative estimate of drug-likeness (QED) is 0.732. The van der Waals surface area contributed by atoms with Gasteiger partial charge in [-0.1, -0.05) is 15.9 Å². The van der Waals surface area contributed by atoms with Crippen molar-refractivity contribution in [2.75, 3.05) is 5.32 Å². The molecule has 2 heterocycles. The second-order valence-electron chi connectivity index (χ2n) is 4.94. The highest BCUT2D eigenvalue weighted by Gasteiger charge is 2.19. The fourth-order valence-electron chi connectivity index (χ4n) is 2.39. The number of rotatable bonds is 3. The van der Waals surface area contributed by atoms with Gasteiger partial charge in [-0.2, -0.15) is 10.4 Å². The summed E-state index contributed by atoms with van der Waals surface area (Å²) in [6.07, 6.45) is 2.86. The molecule has 0 radical (unpaired) electrons. The van der Waals surface area contributed by atoms with E-state index in [1.807, 2.05) is 24.3 Å². The zero-order valence-corrected chi connectivity index (χ0v) is 13.6. The van der Waals surface area contributed by atoms with Crippen molar-refractivity contribution in [3.63, 3.8) is 0 Å². The van der Waals surface area contributed by atoms with Gasteiger partial charge in [-0.25, -0.2) is 9.31 Å². The highest BCUT2D eigenvalue weighted by Crippen LogP contribution is 2.30. The number of hydrogen-bond acceptors (Lipinski definition) is 4. The summed E-state index contributed by atoms with van der Waals surface area (Å²) < 4.78 is 2.41. The predicted molar refractivity (Wildman–Crippen MR) is 89.0 cm³/mol. The van der Waals surface area contributed by atoms with E-state index < -0.39 is 5.97 Å². The lowest BCUT2D eigenvalue weighted by molar-refractivity contribution is 0.0696. The molecule has 0 unspecified atom stereocenters. The second-order valence-corrected chi connectivity index (χ2v) is 5.86. The number of fused-ring (bicyclic) bond motifs is 1. The molecule has 0 saturated carbocycles. The van der Waals surface area contributed by atoms with Crippen molar-refractivity contribution < 1.29 is 9.90 Å². The Morgan fingerprint density at radius 1 is 1.39 bits per heavy atom. The number of hydrogen-bond donors (Lipinski definition) is 2. The number of nitrogens with one attached hydrogen (secondary N) is 1. The van der Waals surface area contributed by atoms with Gasteiger partial charge in [0.05, 0.1) is 28.5 Å². The number of benzene rings is 1. The number of nitriles is 1. The number of nitrogens with zero attached hydrogens (tertiary/aromatic N) is 3. The molecule has 0 aliphatic rings. The van der Waals surface area contributed by atoms with E-state index in [9.17, 15) is 15.2 Å². The second kappa shape index (κ2) is 5.74. The molecular weight excluding hydrogens is 360 g/mol. The number of halogens is 1. The van der Waals surface area contributed by atoms with Crippen LogP contribution in [0.1, 0.15) is 21.5 Å². The average molecular weight is 371 g/mol. The number of carboxylic acid groups (broad SMARTS) is 1. The fraction of sp³-hybridized carbons (Fsp3) is 0.0625. The van der Waals surface area contributed by atoms with Crippen molar-refractivity contribution in [2.45, 2.75) is 6.92 Å². The zero-order valence-electron chi connectivity index (χ0n) is 12.0. The van der Waals surface area contributed by atoms with Gasteiger partial charge in [0.1, 0.15) is 6.07 Å². The Kier molecular flexibility index (Phi) is 3.76. The minimum atomic E-state index is -1.03. The average Bonchev–Trinajstić information content (AvgIpc) is 2.87. The lowest BCUT2D eigenvalue weighted by Crippen LogP contribution is -2.00. The van der Waals surface area contributed by atoms with Crippen LogP contribution in [0.2, 0.25) is 0 Å². The van der Waals surface area contributed by atoms with E-state index in [0.29, 0.717) is 22.3 Å². The molecule has 0 bridgehead atoms. The molecule has 7 heteroatoms. The summed E-state index contributed by atoms with van der Waals surface area (Å²) in [5.74, 6) is -1.03. The molecule has 3 rings (SSSR count). The van der Waals surface area contributed by atoms with Gasteiger partial charge in [0, 0.05) is 16.4 Å². The molecule has 0 amide bonds. The van der Waals surface area contributed by atoms with Gasteiger partial charge in [0.15, 0.2) is 0 Å². The van der Waals surface area contributed by atoms with Crippen molar-refractivity contribution in [2.24, 2.45) is 0 Å². The van der Waals surface area contributed by atoms with Gasteiger partial charge in [-0.05, 0) is 36.8 Å². The van der Waals surface area contributed by atoms with Gasteiger partial charge < -0.3 is 10.4 Å². The first kappa shape index (κ1) is 15.1. The smallest absolute Gasteiger partial charge is 0.337 e. The van der Waals surface area contributed by atoms with Crippen molar-refractivity contribution in [1.82, 2.24) is 9.61 Å². The number of carboxylic acids is 1. The van der Waals surface area contributed by atoms with Gasteiger partial charge in [-0.3, -0.25) is 0 Å². The third-order valence-electron chi connectivity index (χ3n) is 3.52. The Bertz CT molecular complexity index is 955. The first-order chi connectivity index (χ1) is 11.0. The summed E-state index contributed by atoms with van der Waals surface area (Å²) in [5, 5.41) is 25.9. The monoisotopic (exact) mass is 370 g/mol. The molecule has 6 nitrogen and oxygen atoms in total. The molecule has 0 fully saturated rings. The van der Waals surface area contributed by atoms with Crippen molar-refractivity contribution >= 4 is 38.8 Å². The molecule has 0 aliphatic heterocycles. The minimum absolute atomic E-state index is 0.159. The maximum atomic E-state index is 11.3. The standard InChI is InChI=1S/C16H11BrN4O2/c1-9-13(16(22)23)8-21-15(9)14(10(6-18)7-19-21)20-12-4-2-11(17)3-5-12/h2-5,7-8,20H,1H3,(H,22,23). The van der Waals surface area contributed by atoms with Gasteiger partial charge >= 0.3 is 5.97 Å². The Morgan fingerprint density at radius 2 is 2.09 bits per heavy atom. The lowest BCUT2D eigenvalue weighted by Gasteiger charge is -2.11. The molecular formula is C16H11BrN4O2. The molecule has 0 atom stereocenters. The molecule has 0 saturated heterocycles. The number of aromatic carboxylic acids is 1. The van der Waals surface area contributed by atoms with Crippen LogP contribution < -0.4 is 5.32 Å². The first-order valence-corrected chi connectivity index (χ1v) is 7.47. The summed E-state index contributed by atoms with van der Waals surface area (Å²) in [6.45, 7) is 1.70. The Hall–Kier alpha value is -2.85. The summed E-state index contributed by atoms with van der Waals surface area (Å²) in [5.41, 5.74) is 2.96. The van der Waals surface area contributed by atoms with Crippen LogP contribution in [-0.4, -0.2) is 20.7 Å². The van der Waals surface area contributed by atoms with Crippen LogP contribution in [0.15, 0.2) is 41.1 Å². The Labute approximate surface area is 140 Å². The fourth-order valence-corrected chi connectivity index (χ4v) is 2.66. The van der Waals surface area contributed by atoms with Crippen LogP contribution >= 0.6 is 15.9 Å². The summed E-state index contributed by atoms with van der Waals surface area (Å²) in [6, 6.07) is 9.56. The molecule has 2 aromatic heterocycles. The topological polar surface area (TPSA) is 90.4 Å². The molecule has 0 aliphatic carbocycles. The van der Waals surface area contributed by atoms with Crippen molar-refractivity contribution in [3.05, 3.63) is 57.8 Å². The largest absolute Gasteiger partial charge is 0.478 e. The molecule has 3 aromatic rings. The summed E-state index contributed by atoms with van der Waals surface area (Å²) in [7, 11) is 0. The maximum Gasteiger partial charge on any atom is 0.337 e. The normalized spacial score (nSPS) is 10.5. The van der Waals surface area contributed by atoms with Crippen LogP contribution in [0.4, 0.5) is 11.4 Å². The van der Waals surface area contributed by atoms with Crippen LogP contribution in [-0.2, 0) is 0 Å². The summed E-state index contributed by atoms with van der Waals surface area (Å²) in [4.78, 5) is 11.3. The van der Waals surface area contributed by atoms with Crippen LogP contribution in [0.3, 0.4) is 0 Å². The van der Waals surface area contributed by atoms with Gasteiger partial charge in [-0.15, -0.1) is 0 Å². The van der Waals surface area contributed by atoms with E-state index in [-0.39, 0.29) is 5.56 Å². The van der Waals surface area contributed by atoms with E-state index in [0.717, 1.165) is 10.2 Å². The highest BCUT2D eigenvalue weighted by atomic mass is 79.9. The third kappa shape index (κ3) is 2.64.